The summed E-state index contributed by atoms with van der Waals surface area (Å²) in [5.41, 5.74) is 11.3. The quantitative estimate of drug-likeness (QED) is 0.248. The number of rotatable bonds is 1. The summed E-state index contributed by atoms with van der Waals surface area (Å²) in [5.74, 6) is 0. The van der Waals surface area contributed by atoms with Gasteiger partial charge in [-0.2, -0.15) is 0 Å². The highest BCUT2D eigenvalue weighted by molar-refractivity contribution is 6.03. The van der Waals surface area contributed by atoms with E-state index >= 15 is 0 Å². The number of hydrogen-bond donors (Lipinski definition) is 0. The molecule has 1 aromatic heterocycles. The molecule has 0 amide bonds. The second-order valence-electron chi connectivity index (χ2n) is 9.52. The van der Waals surface area contributed by atoms with Crippen molar-refractivity contribution < 1.29 is 0 Å². The summed E-state index contributed by atoms with van der Waals surface area (Å²) in [6, 6.07) is 32.3. The van der Waals surface area contributed by atoms with Crippen molar-refractivity contribution in [2.75, 3.05) is 0 Å². The zero-order valence-electron chi connectivity index (χ0n) is 20.2. The van der Waals surface area contributed by atoms with Crippen molar-refractivity contribution in [1.29, 1.82) is 0 Å². The van der Waals surface area contributed by atoms with Gasteiger partial charge in [0.15, 0.2) is 0 Å². The summed E-state index contributed by atoms with van der Waals surface area (Å²) in [6.07, 6.45) is 11.3. The molecule has 2 aliphatic carbocycles. The van der Waals surface area contributed by atoms with Gasteiger partial charge in [0.1, 0.15) is 0 Å². The lowest BCUT2D eigenvalue weighted by Crippen LogP contribution is -2.07. The average molecular weight is 452 g/mol. The van der Waals surface area contributed by atoms with Crippen molar-refractivity contribution in [3.05, 3.63) is 132 Å². The van der Waals surface area contributed by atoms with Crippen LogP contribution in [-0.4, -0.2) is 4.98 Å². The summed E-state index contributed by atoms with van der Waals surface area (Å²) in [4.78, 5) is 4.18. The van der Waals surface area contributed by atoms with Gasteiger partial charge in [-0.05, 0) is 88.9 Å². The minimum atomic E-state index is 1.06. The second kappa shape index (κ2) is 9.35. The van der Waals surface area contributed by atoms with Crippen LogP contribution in [0.3, 0.4) is 0 Å². The molecule has 0 saturated heterocycles. The molecule has 170 valence electrons. The summed E-state index contributed by atoms with van der Waals surface area (Å²) in [5, 5.41) is 4.03. The van der Waals surface area contributed by atoms with Crippen LogP contribution in [0.2, 0.25) is 0 Å². The summed E-state index contributed by atoms with van der Waals surface area (Å²) < 4.78 is 0. The number of para-hydroxylation sites is 1. The highest BCUT2D eigenvalue weighted by Gasteiger charge is 2.22. The van der Waals surface area contributed by atoms with Gasteiger partial charge in [-0.15, -0.1) is 0 Å². The van der Waals surface area contributed by atoms with E-state index < -0.39 is 0 Å². The van der Waals surface area contributed by atoms with Crippen LogP contribution in [-0.2, 0) is 6.42 Å². The summed E-state index contributed by atoms with van der Waals surface area (Å²) >= 11 is 0. The fourth-order valence-electron chi connectivity index (χ4n) is 5.59. The summed E-state index contributed by atoms with van der Waals surface area (Å²) in [6.45, 7) is 2.20. The number of nitrogens with zero attached hydrogens (tertiary/aromatic N) is 1. The molecule has 1 heteroatoms. The van der Waals surface area contributed by atoms with Crippen LogP contribution in [0.4, 0.5) is 0 Å². The van der Waals surface area contributed by atoms with E-state index in [0.717, 1.165) is 5.52 Å². The van der Waals surface area contributed by atoms with E-state index in [1.165, 1.54) is 69.7 Å². The molecule has 0 spiro atoms. The molecule has 0 atom stereocenters. The van der Waals surface area contributed by atoms with Gasteiger partial charge in [-0.3, -0.25) is 4.98 Å². The molecule has 0 bridgehead atoms. The van der Waals surface area contributed by atoms with Crippen LogP contribution in [0.25, 0.3) is 38.4 Å². The molecule has 0 unspecified atom stereocenters. The standard InChI is InChI=1S/C25H22.C9H7N/c1-17-15-20-12-13-22-21-10-6-5-9-19(21)11-14-23(22)25(20)24(16-17)18-7-3-2-4-8-18;1-2-6-9-8(4-1)5-3-7-10-9/h2-4,6-8,10,12-13,15-16H,5,9,11,14H2,1H3;1-7H. The Hall–Kier alpha value is -3.97. The molecule has 0 aliphatic heterocycles. The molecular weight excluding hydrogens is 422 g/mol. The van der Waals surface area contributed by atoms with E-state index in [4.69, 9.17) is 0 Å². The van der Waals surface area contributed by atoms with Crippen LogP contribution >= 0.6 is 0 Å². The fourth-order valence-corrected chi connectivity index (χ4v) is 5.59. The Morgan fingerprint density at radius 2 is 1.51 bits per heavy atom. The maximum Gasteiger partial charge on any atom is 0.0701 e. The van der Waals surface area contributed by atoms with E-state index in [1.54, 1.807) is 11.1 Å². The van der Waals surface area contributed by atoms with E-state index in [2.05, 4.69) is 90.8 Å². The molecule has 2 aliphatic rings. The third-order valence-electron chi connectivity index (χ3n) is 7.21. The van der Waals surface area contributed by atoms with Crippen molar-refractivity contribution in [2.45, 2.75) is 32.6 Å². The Bertz CT molecular complexity index is 1520. The Labute approximate surface area is 207 Å². The van der Waals surface area contributed by atoms with Gasteiger partial charge in [0, 0.05) is 11.6 Å². The first-order valence-corrected chi connectivity index (χ1v) is 12.6. The highest BCUT2D eigenvalue weighted by atomic mass is 14.6. The third-order valence-corrected chi connectivity index (χ3v) is 7.21. The predicted molar refractivity (Wildman–Crippen MR) is 149 cm³/mol. The molecule has 5 aromatic rings. The molecular formula is C34H29N. The summed E-state index contributed by atoms with van der Waals surface area (Å²) in [7, 11) is 0. The molecule has 35 heavy (non-hydrogen) atoms. The van der Waals surface area contributed by atoms with Crippen molar-refractivity contribution >= 4 is 27.2 Å². The number of aryl methyl sites for hydroxylation is 2. The van der Waals surface area contributed by atoms with Gasteiger partial charge >= 0.3 is 0 Å². The van der Waals surface area contributed by atoms with E-state index in [1.807, 2.05) is 30.5 Å². The molecule has 1 heterocycles. The van der Waals surface area contributed by atoms with E-state index in [9.17, 15) is 0 Å². The van der Waals surface area contributed by atoms with E-state index in [-0.39, 0.29) is 0 Å². The molecule has 7 rings (SSSR count). The van der Waals surface area contributed by atoms with Crippen LogP contribution in [0.15, 0.2) is 115 Å². The number of benzene rings is 4. The first-order chi connectivity index (χ1) is 17.3. The zero-order chi connectivity index (χ0) is 23.6. The molecule has 0 saturated carbocycles. The first kappa shape index (κ1) is 21.6. The number of pyridine rings is 1. The SMILES string of the molecule is Cc1cc(-c2ccccc2)c2c3c(ccc2c1)C1=C(CCC=C1)CC3.c1ccc2ncccc2c1. The lowest BCUT2D eigenvalue weighted by Gasteiger charge is -2.26. The minimum absolute atomic E-state index is 1.06. The van der Waals surface area contributed by atoms with Gasteiger partial charge in [0.05, 0.1) is 5.52 Å². The highest BCUT2D eigenvalue weighted by Crippen LogP contribution is 2.42. The van der Waals surface area contributed by atoms with Crippen molar-refractivity contribution in [3.8, 4) is 11.1 Å². The normalized spacial score (nSPS) is 14.3. The topological polar surface area (TPSA) is 12.9 Å². The maximum atomic E-state index is 4.18. The Balaban J connectivity index is 0.000000191. The van der Waals surface area contributed by atoms with Crippen LogP contribution in [0, 0.1) is 6.92 Å². The molecule has 1 nitrogen and oxygen atoms in total. The van der Waals surface area contributed by atoms with Gasteiger partial charge in [-0.1, -0.05) is 96.6 Å². The molecule has 0 fully saturated rings. The van der Waals surface area contributed by atoms with Crippen LogP contribution < -0.4 is 0 Å². The van der Waals surface area contributed by atoms with Crippen LogP contribution in [0.1, 0.15) is 36.0 Å². The monoisotopic (exact) mass is 451 g/mol. The Morgan fingerprint density at radius 3 is 2.40 bits per heavy atom. The Kier molecular flexibility index (Phi) is 5.76. The van der Waals surface area contributed by atoms with Crippen molar-refractivity contribution in [3.63, 3.8) is 0 Å². The first-order valence-electron chi connectivity index (χ1n) is 12.6. The number of hydrogen-bond acceptors (Lipinski definition) is 1. The third kappa shape index (κ3) is 4.19. The lowest BCUT2D eigenvalue weighted by molar-refractivity contribution is 0.831. The molecule has 4 aromatic carbocycles. The Morgan fingerprint density at radius 1 is 0.686 bits per heavy atom. The smallest absolute Gasteiger partial charge is 0.0701 e. The second-order valence-corrected chi connectivity index (χ2v) is 9.52. The zero-order valence-corrected chi connectivity index (χ0v) is 20.2. The van der Waals surface area contributed by atoms with Gasteiger partial charge in [0.2, 0.25) is 0 Å². The van der Waals surface area contributed by atoms with Gasteiger partial charge in [-0.25, -0.2) is 0 Å². The fraction of sp³-hybridized carbons (Fsp3) is 0.147. The minimum Gasteiger partial charge on any atom is -0.256 e. The number of aromatic nitrogens is 1. The maximum absolute atomic E-state index is 4.18. The number of allylic oxidation sites excluding steroid dienone is 4. The largest absolute Gasteiger partial charge is 0.256 e. The van der Waals surface area contributed by atoms with Gasteiger partial charge in [0.25, 0.3) is 0 Å². The van der Waals surface area contributed by atoms with Crippen molar-refractivity contribution in [2.24, 2.45) is 0 Å². The molecule has 0 radical (unpaired) electrons. The van der Waals surface area contributed by atoms with Crippen molar-refractivity contribution in [1.82, 2.24) is 4.98 Å². The van der Waals surface area contributed by atoms with E-state index in [0.29, 0.717) is 0 Å². The average Bonchev–Trinajstić information content (AvgIpc) is 2.93. The molecule has 0 N–H and O–H groups in total. The predicted octanol–water partition coefficient (Wildman–Crippen LogP) is 9.10. The lowest BCUT2D eigenvalue weighted by atomic mass is 9.78. The van der Waals surface area contributed by atoms with Crippen LogP contribution in [0.5, 0.6) is 0 Å². The number of fused-ring (bicyclic) bond motifs is 5. The van der Waals surface area contributed by atoms with Gasteiger partial charge < -0.3 is 0 Å².